The summed E-state index contributed by atoms with van der Waals surface area (Å²) in [6.45, 7) is 3.07. The molecule has 3 heteroatoms. The maximum atomic E-state index is 6.20. The Morgan fingerprint density at radius 2 is 2.06 bits per heavy atom. The first-order valence-corrected chi connectivity index (χ1v) is 6.16. The number of rotatable bonds is 3. The Labute approximate surface area is 102 Å². The van der Waals surface area contributed by atoms with E-state index in [-0.39, 0.29) is 5.54 Å². The number of aryl methyl sites for hydroxylation is 1. The molecule has 3 nitrogen and oxygen atoms in total. The third-order valence-corrected chi connectivity index (χ3v) is 3.69. The second-order valence-electron chi connectivity index (χ2n) is 5.36. The molecule has 1 aromatic heterocycles. The quantitative estimate of drug-likeness (QED) is 0.849. The van der Waals surface area contributed by atoms with Gasteiger partial charge in [-0.25, -0.2) is 0 Å². The first-order chi connectivity index (χ1) is 8.09. The van der Waals surface area contributed by atoms with E-state index in [2.05, 4.69) is 48.1 Å². The van der Waals surface area contributed by atoms with Crippen molar-refractivity contribution >= 4 is 16.6 Å². The highest BCUT2D eigenvalue weighted by Crippen LogP contribution is 2.36. The molecule has 3 N–H and O–H groups in total. The molecule has 1 aliphatic carbocycles. The minimum absolute atomic E-state index is 0.0551. The van der Waals surface area contributed by atoms with Crippen molar-refractivity contribution in [3.63, 3.8) is 0 Å². The summed E-state index contributed by atoms with van der Waals surface area (Å²) in [6, 6.07) is 8.44. The molecule has 17 heavy (non-hydrogen) atoms. The van der Waals surface area contributed by atoms with Crippen LogP contribution in [-0.4, -0.2) is 24.1 Å². The van der Waals surface area contributed by atoms with E-state index in [0.717, 1.165) is 19.4 Å². The minimum atomic E-state index is 0.0551. The summed E-state index contributed by atoms with van der Waals surface area (Å²) in [5.41, 5.74) is 9.96. The zero-order valence-corrected chi connectivity index (χ0v) is 10.5. The predicted molar refractivity (Wildman–Crippen MR) is 72.5 cm³/mol. The van der Waals surface area contributed by atoms with Gasteiger partial charge in [0, 0.05) is 35.7 Å². The van der Waals surface area contributed by atoms with Crippen molar-refractivity contribution in [2.45, 2.75) is 25.3 Å². The molecule has 0 amide bonds. The summed E-state index contributed by atoms with van der Waals surface area (Å²) in [4.78, 5) is 5.72. The van der Waals surface area contributed by atoms with Crippen LogP contribution in [0.15, 0.2) is 24.3 Å². The predicted octanol–water partition coefficient (Wildman–Crippen LogP) is 2.40. The fourth-order valence-corrected chi connectivity index (χ4v) is 2.62. The maximum Gasteiger partial charge on any atom is 0.0652 e. The summed E-state index contributed by atoms with van der Waals surface area (Å²) in [6.07, 6.45) is 2.30. The zero-order valence-electron chi connectivity index (χ0n) is 10.5. The Bertz CT molecular complexity index is 552. The van der Waals surface area contributed by atoms with Crippen LogP contribution in [0.2, 0.25) is 0 Å². The smallest absolute Gasteiger partial charge is 0.0652 e. The van der Waals surface area contributed by atoms with Gasteiger partial charge in [0.25, 0.3) is 0 Å². The lowest BCUT2D eigenvalue weighted by Gasteiger charge is -2.23. The highest BCUT2D eigenvalue weighted by atomic mass is 15.2. The van der Waals surface area contributed by atoms with Crippen molar-refractivity contribution in [2.75, 3.05) is 18.5 Å². The normalized spacial score (nSPS) is 17.4. The van der Waals surface area contributed by atoms with E-state index in [1.165, 1.54) is 22.3 Å². The van der Waals surface area contributed by atoms with E-state index in [9.17, 15) is 0 Å². The van der Waals surface area contributed by atoms with Crippen LogP contribution in [0.1, 0.15) is 18.5 Å². The molecular formula is C14H19N3. The number of nitrogens with zero attached hydrogens (tertiary/aromatic N) is 1. The Balaban J connectivity index is 2.00. The van der Waals surface area contributed by atoms with Gasteiger partial charge in [0.2, 0.25) is 0 Å². The topological polar surface area (TPSA) is 45.0 Å². The number of H-pyrrole nitrogens is 1. The van der Waals surface area contributed by atoms with Crippen LogP contribution in [0, 0.1) is 6.92 Å². The van der Waals surface area contributed by atoms with Gasteiger partial charge in [0.05, 0.1) is 5.69 Å². The van der Waals surface area contributed by atoms with Gasteiger partial charge in [0.15, 0.2) is 0 Å². The molecule has 1 aliphatic rings. The molecule has 0 bridgehead atoms. The third kappa shape index (κ3) is 1.80. The average molecular weight is 229 g/mol. The summed E-state index contributed by atoms with van der Waals surface area (Å²) < 4.78 is 0. The molecule has 0 atom stereocenters. The fraction of sp³-hybridized carbons (Fsp3) is 0.429. The number of hydrogen-bond acceptors (Lipinski definition) is 2. The molecule has 0 saturated heterocycles. The first kappa shape index (κ1) is 10.7. The fourth-order valence-electron chi connectivity index (χ4n) is 2.62. The van der Waals surface area contributed by atoms with Crippen LogP contribution < -0.4 is 10.6 Å². The SMILES string of the molecule is Cc1[nH]c2ccccc2c1N(C)CC1(N)CC1. The van der Waals surface area contributed by atoms with Gasteiger partial charge >= 0.3 is 0 Å². The molecule has 0 radical (unpaired) electrons. The van der Waals surface area contributed by atoms with Crippen LogP contribution in [0.25, 0.3) is 10.9 Å². The molecule has 1 saturated carbocycles. The first-order valence-electron chi connectivity index (χ1n) is 6.16. The minimum Gasteiger partial charge on any atom is -0.371 e. The Morgan fingerprint density at radius 3 is 2.76 bits per heavy atom. The molecule has 90 valence electrons. The molecule has 1 heterocycles. The molecule has 1 fully saturated rings. The second-order valence-corrected chi connectivity index (χ2v) is 5.36. The number of aromatic amines is 1. The zero-order chi connectivity index (χ0) is 12.0. The number of aromatic nitrogens is 1. The molecular weight excluding hydrogens is 210 g/mol. The number of hydrogen-bond donors (Lipinski definition) is 2. The molecule has 0 spiro atoms. The molecule has 2 aromatic rings. The van der Waals surface area contributed by atoms with Crippen molar-refractivity contribution < 1.29 is 0 Å². The van der Waals surface area contributed by atoms with Crippen LogP contribution in [-0.2, 0) is 0 Å². The average Bonchev–Trinajstić information content (AvgIpc) is 2.90. The summed E-state index contributed by atoms with van der Waals surface area (Å²) in [7, 11) is 2.13. The van der Waals surface area contributed by atoms with Crippen molar-refractivity contribution in [2.24, 2.45) is 5.73 Å². The lowest BCUT2D eigenvalue weighted by molar-refractivity contribution is 0.661. The van der Waals surface area contributed by atoms with Crippen LogP contribution in [0.4, 0.5) is 5.69 Å². The van der Waals surface area contributed by atoms with Crippen LogP contribution in [0.3, 0.4) is 0 Å². The van der Waals surface area contributed by atoms with E-state index < -0.39 is 0 Å². The van der Waals surface area contributed by atoms with Gasteiger partial charge in [-0.2, -0.15) is 0 Å². The highest BCUT2D eigenvalue weighted by molar-refractivity contribution is 5.94. The van der Waals surface area contributed by atoms with Gasteiger partial charge in [-0.1, -0.05) is 18.2 Å². The monoisotopic (exact) mass is 229 g/mol. The van der Waals surface area contributed by atoms with E-state index >= 15 is 0 Å². The molecule has 1 aromatic carbocycles. The largest absolute Gasteiger partial charge is 0.371 e. The Hall–Kier alpha value is -1.48. The second kappa shape index (κ2) is 3.50. The number of benzene rings is 1. The van der Waals surface area contributed by atoms with Crippen molar-refractivity contribution in [1.82, 2.24) is 4.98 Å². The third-order valence-electron chi connectivity index (χ3n) is 3.69. The number of nitrogens with one attached hydrogen (secondary N) is 1. The Morgan fingerprint density at radius 1 is 1.35 bits per heavy atom. The van der Waals surface area contributed by atoms with E-state index in [0.29, 0.717) is 0 Å². The maximum absolute atomic E-state index is 6.20. The van der Waals surface area contributed by atoms with Gasteiger partial charge in [-0.3, -0.25) is 0 Å². The van der Waals surface area contributed by atoms with Gasteiger partial charge in [0.1, 0.15) is 0 Å². The summed E-state index contributed by atoms with van der Waals surface area (Å²) in [5, 5.41) is 1.29. The summed E-state index contributed by atoms with van der Waals surface area (Å²) >= 11 is 0. The van der Waals surface area contributed by atoms with Crippen molar-refractivity contribution in [3.05, 3.63) is 30.0 Å². The van der Waals surface area contributed by atoms with Crippen LogP contribution >= 0.6 is 0 Å². The number of nitrogens with two attached hydrogens (primary N) is 1. The van der Waals surface area contributed by atoms with E-state index in [1.54, 1.807) is 0 Å². The number of para-hydroxylation sites is 1. The lowest BCUT2D eigenvalue weighted by atomic mass is 10.2. The standard InChI is InChI=1S/C14H19N3/c1-10-13(17(2)9-14(15)7-8-14)11-5-3-4-6-12(11)16-10/h3-6,16H,7-9,15H2,1-2H3. The van der Waals surface area contributed by atoms with Crippen LogP contribution in [0.5, 0.6) is 0 Å². The Kier molecular flexibility index (Phi) is 2.20. The molecule has 0 unspecified atom stereocenters. The van der Waals surface area contributed by atoms with Crippen molar-refractivity contribution in [3.8, 4) is 0 Å². The lowest BCUT2D eigenvalue weighted by Crippen LogP contribution is -2.37. The van der Waals surface area contributed by atoms with Gasteiger partial charge in [-0.15, -0.1) is 0 Å². The van der Waals surface area contributed by atoms with E-state index in [1.807, 2.05) is 0 Å². The summed E-state index contributed by atoms with van der Waals surface area (Å²) in [5.74, 6) is 0. The highest BCUT2D eigenvalue weighted by Gasteiger charge is 2.39. The van der Waals surface area contributed by atoms with Crippen molar-refractivity contribution in [1.29, 1.82) is 0 Å². The number of fused-ring (bicyclic) bond motifs is 1. The number of likely N-dealkylation sites (N-methyl/N-ethyl adjacent to an activating group) is 1. The van der Waals surface area contributed by atoms with Gasteiger partial charge in [-0.05, 0) is 25.8 Å². The van der Waals surface area contributed by atoms with E-state index in [4.69, 9.17) is 5.73 Å². The molecule has 3 rings (SSSR count). The molecule has 0 aliphatic heterocycles. The number of anilines is 1. The van der Waals surface area contributed by atoms with Gasteiger partial charge < -0.3 is 15.6 Å².